The molecule has 0 radical (unpaired) electrons. The number of hydrogen-bond acceptors (Lipinski definition) is 3. The van der Waals surface area contributed by atoms with Gasteiger partial charge in [-0.1, -0.05) is 18.9 Å². The van der Waals surface area contributed by atoms with E-state index < -0.39 is 0 Å². The van der Waals surface area contributed by atoms with Gasteiger partial charge in [0.2, 0.25) is 5.91 Å². The Hall–Kier alpha value is -1.71. The van der Waals surface area contributed by atoms with Crippen LogP contribution < -0.4 is 16.0 Å². The smallest absolute Gasteiger partial charge is 0.242 e. The van der Waals surface area contributed by atoms with Crippen LogP contribution in [-0.4, -0.2) is 24.5 Å². The molecule has 1 aliphatic heterocycles. The molecule has 4 heteroatoms. The van der Waals surface area contributed by atoms with E-state index in [0.29, 0.717) is 6.04 Å². The van der Waals surface area contributed by atoms with E-state index in [-0.39, 0.29) is 11.9 Å². The van der Waals surface area contributed by atoms with E-state index in [9.17, 15) is 4.79 Å². The standard InChI is InChI=1S/C16H23N3O/c1-11(16(20)18-12-5-2-3-6-12)19-10-9-13-14(17)7-4-8-15(13)19/h4,7-8,11-12H,2-3,5-6,9-10,17H2,1H3,(H,18,20). The van der Waals surface area contributed by atoms with E-state index in [0.717, 1.165) is 37.2 Å². The summed E-state index contributed by atoms with van der Waals surface area (Å²) in [4.78, 5) is 14.6. The monoisotopic (exact) mass is 273 g/mol. The summed E-state index contributed by atoms with van der Waals surface area (Å²) in [6, 6.07) is 6.23. The van der Waals surface area contributed by atoms with Crippen LogP contribution in [0.25, 0.3) is 0 Å². The lowest BCUT2D eigenvalue weighted by molar-refractivity contribution is -0.122. The van der Waals surface area contributed by atoms with Crippen molar-refractivity contribution >= 4 is 17.3 Å². The van der Waals surface area contributed by atoms with Crippen LogP contribution in [0.15, 0.2) is 18.2 Å². The fourth-order valence-electron chi connectivity index (χ4n) is 3.42. The summed E-state index contributed by atoms with van der Waals surface area (Å²) in [6.45, 7) is 2.87. The zero-order chi connectivity index (χ0) is 14.1. The number of fused-ring (bicyclic) bond motifs is 1. The second-order valence-electron chi connectivity index (χ2n) is 5.95. The van der Waals surface area contributed by atoms with Gasteiger partial charge in [-0.05, 0) is 38.3 Å². The third kappa shape index (κ3) is 2.35. The van der Waals surface area contributed by atoms with Crippen LogP contribution in [-0.2, 0) is 11.2 Å². The van der Waals surface area contributed by atoms with Crippen LogP contribution in [0.5, 0.6) is 0 Å². The average Bonchev–Trinajstić information content (AvgIpc) is 3.07. The van der Waals surface area contributed by atoms with Crippen molar-refractivity contribution in [2.45, 2.75) is 51.1 Å². The second-order valence-corrected chi connectivity index (χ2v) is 5.95. The summed E-state index contributed by atoms with van der Waals surface area (Å²) in [6.07, 6.45) is 5.66. The zero-order valence-electron chi connectivity index (χ0n) is 12.1. The Morgan fingerprint density at radius 3 is 2.90 bits per heavy atom. The van der Waals surface area contributed by atoms with Crippen molar-refractivity contribution in [1.29, 1.82) is 0 Å². The highest BCUT2D eigenvalue weighted by Gasteiger charge is 2.30. The molecule has 0 spiro atoms. The quantitative estimate of drug-likeness (QED) is 0.829. The van der Waals surface area contributed by atoms with Crippen LogP contribution in [0.4, 0.5) is 11.4 Å². The van der Waals surface area contributed by atoms with Gasteiger partial charge in [-0.15, -0.1) is 0 Å². The van der Waals surface area contributed by atoms with Gasteiger partial charge < -0.3 is 16.0 Å². The highest BCUT2D eigenvalue weighted by atomic mass is 16.2. The van der Waals surface area contributed by atoms with E-state index >= 15 is 0 Å². The molecule has 0 bridgehead atoms. The fourth-order valence-corrected chi connectivity index (χ4v) is 3.42. The molecule has 1 aromatic rings. The highest BCUT2D eigenvalue weighted by Crippen LogP contribution is 2.33. The Bertz CT molecular complexity index is 508. The minimum atomic E-state index is -0.126. The fraction of sp³-hybridized carbons (Fsp3) is 0.562. The molecule has 4 nitrogen and oxygen atoms in total. The van der Waals surface area contributed by atoms with Crippen LogP contribution in [0.2, 0.25) is 0 Å². The minimum absolute atomic E-state index is 0.126. The van der Waals surface area contributed by atoms with Crippen molar-refractivity contribution in [2.75, 3.05) is 17.2 Å². The second kappa shape index (κ2) is 5.35. The van der Waals surface area contributed by atoms with Gasteiger partial charge in [0.1, 0.15) is 6.04 Å². The number of carbonyl (C=O) groups excluding carboxylic acids is 1. The number of rotatable bonds is 3. The number of hydrogen-bond donors (Lipinski definition) is 2. The zero-order valence-corrected chi connectivity index (χ0v) is 12.1. The van der Waals surface area contributed by atoms with E-state index in [1.54, 1.807) is 0 Å². The third-order valence-corrected chi connectivity index (χ3v) is 4.65. The summed E-state index contributed by atoms with van der Waals surface area (Å²) >= 11 is 0. The molecule has 1 heterocycles. The van der Waals surface area contributed by atoms with Crippen molar-refractivity contribution in [2.24, 2.45) is 0 Å². The molecule has 3 N–H and O–H groups in total. The molecule has 1 unspecified atom stereocenters. The van der Waals surface area contributed by atoms with Gasteiger partial charge in [0.25, 0.3) is 0 Å². The van der Waals surface area contributed by atoms with E-state index in [4.69, 9.17) is 5.73 Å². The first-order valence-corrected chi connectivity index (χ1v) is 7.61. The highest BCUT2D eigenvalue weighted by molar-refractivity contribution is 5.86. The molecule has 1 saturated carbocycles. The lowest BCUT2D eigenvalue weighted by atomic mass is 10.1. The van der Waals surface area contributed by atoms with E-state index in [2.05, 4.69) is 16.3 Å². The first kappa shape index (κ1) is 13.3. The minimum Gasteiger partial charge on any atom is -0.398 e. The van der Waals surface area contributed by atoms with Gasteiger partial charge in [-0.25, -0.2) is 0 Å². The average molecular weight is 273 g/mol. The number of nitrogens with one attached hydrogen (secondary N) is 1. The summed E-state index contributed by atoms with van der Waals surface area (Å²) < 4.78 is 0. The van der Waals surface area contributed by atoms with Crippen LogP contribution >= 0.6 is 0 Å². The number of carbonyl (C=O) groups is 1. The van der Waals surface area contributed by atoms with Crippen molar-refractivity contribution < 1.29 is 4.79 Å². The Kier molecular flexibility index (Phi) is 3.55. The molecular formula is C16H23N3O. The van der Waals surface area contributed by atoms with Crippen LogP contribution in [0, 0.1) is 0 Å². The SMILES string of the molecule is CC(C(=O)NC1CCCC1)N1CCc2c(N)cccc21. The molecule has 1 atom stereocenters. The molecular weight excluding hydrogens is 250 g/mol. The van der Waals surface area contributed by atoms with E-state index in [1.807, 2.05) is 19.1 Å². The maximum atomic E-state index is 12.4. The number of anilines is 2. The first-order valence-electron chi connectivity index (χ1n) is 7.61. The van der Waals surface area contributed by atoms with Gasteiger partial charge in [0.15, 0.2) is 0 Å². The summed E-state index contributed by atoms with van der Waals surface area (Å²) in [5, 5.41) is 3.19. The molecule has 1 aliphatic carbocycles. The van der Waals surface area contributed by atoms with Gasteiger partial charge in [-0.2, -0.15) is 0 Å². The maximum absolute atomic E-state index is 12.4. The number of nitrogen functional groups attached to an aromatic ring is 1. The Morgan fingerprint density at radius 2 is 2.15 bits per heavy atom. The predicted molar refractivity (Wildman–Crippen MR) is 81.8 cm³/mol. The predicted octanol–water partition coefficient (Wildman–Crippen LogP) is 2.08. The van der Waals surface area contributed by atoms with Crippen LogP contribution in [0.1, 0.15) is 38.2 Å². The van der Waals surface area contributed by atoms with E-state index in [1.165, 1.54) is 18.4 Å². The summed E-state index contributed by atoms with van der Waals surface area (Å²) in [7, 11) is 0. The van der Waals surface area contributed by atoms with Crippen molar-refractivity contribution in [3.8, 4) is 0 Å². The Morgan fingerprint density at radius 1 is 1.40 bits per heavy atom. The van der Waals surface area contributed by atoms with Crippen LogP contribution in [0.3, 0.4) is 0 Å². The third-order valence-electron chi connectivity index (χ3n) is 4.65. The number of benzene rings is 1. The number of amides is 1. The van der Waals surface area contributed by atoms with Gasteiger partial charge in [0.05, 0.1) is 0 Å². The molecule has 1 amide bonds. The maximum Gasteiger partial charge on any atom is 0.242 e. The van der Waals surface area contributed by atoms with Crippen molar-refractivity contribution in [1.82, 2.24) is 5.32 Å². The molecule has 2 aliphatic rings. The van der Waals surface area contributed by atoms with Gasteiger partial charge >= 0.3 is 0 Å². The molecule has 108 valence electrons. The lowest BCUT2D eigenvalue weighted by Gasteiger charge is -2.27. The summed E-state index contributed by atoms with van der Waals surface area (Å²) in [5.74, 6) is 0.146. The largest absolute Gasteiger partial charge is 0.398 e. The number of nitrogens with two attached hydrogens (primary N) is 1. The Labute approximate surface area is 120 Å². The summed E-state index contributed by atoms with van der Waals surface area (Å²) in [5.41, 5.74) is 9.17. The Balaban J connectivity index is 1.71. The topological polar surface area (TPSA) is 58.4 Å². The molecule has 0 saturated heterocycles. The van der Waals surface area contributed by atoms with Crippen molar-refractivity contribution in [3.05, 3.63) is 23.8 Å². The molecule has 20 heavy (non-hydrogen) atoms. The molecule has 1 aromatic carbocycles. The molecule has 1 fully saturated rings. The normalized spacial score (nSPS) is 19.9. The first-order chi connectivity index (χ1) is 9.66. The lowest BCUT2D eigenvalue weighted by Crippen LogP contribution is -2.47. The molecule has 3 rings (SSSR count). The van der Waals surface area contributed by atoms with Gasteiger partial charge in [0, 0.05) is 29.5 Å². The van der Waals surface area contributed by atoms with Crippen molar-refractivity contribution in [3.63, 3.8) is 0 Å². The number of nitrogens with zero attached hydrogens (tertiary/aromatic N) is 1. The van der Waals surface area contributed by atoms with Gasteiger partial charge in [-0.3, -0.25) is 4.79 Å². The molecule has 0 aromatic heterocycles.